The highest BCUT2D eigenvalue weighted by Gasteiger charge is 2.56. The van der Waals surface area contributed by atoms with E-state index in [9.17, 15) is 13.2 Å². The second-order valence-electron chi connectivity index (χ2n) is 10.9. The zero-order valence-electron chi connectivity index (χ0n) is 20.5. The Morgan fingerprint density at radius 3 is 2.24 bits per heavy atom. The Kier molecular flexibility index (Phi) is 5.41. The summed E-state index contributed by atoms with van der Waals surface area (Å²) in [4.78, 5) is 14.1. The minimum Gasteiger partial charge on any atom is -0.273 e. The molecule has 1 atom stereocenters. The van der Waals surface area contributed by atoms with Gasteiger partial charge in [0.05, 0.1) is 21.7 Å². The van der Waals surface area contributed by atoms with E-state index in [2.05, 4.69) is 33.9 Å². The first-order valence-corrected chi connectivity index (χ1v) is 15.7. The number of fused-ring (bicyclic) bond motifs is 3. The van der Waals surface area contributed by atoms with E-state index in [1.165, 1.54) is 4.31 Å². The van der Waals surface area contributed by atoms with Crippen LogP contribution >= 0.6 is 0 Å². The number of benzene rings is 2. The monoisotopic (exact) mass is 483 g/mol. The molecular weight excluding hydrogens is 450 g/mol. The first kappa shape index (κ1) is 23.7. The van der Waals surface area contributed by atoms with Gasteiger partial charge in [0.15, 0.2) is 8.24 Å². The van der Waals surface area contributed by atoms with Crippen molar-refractivity contribution in [3.8, 4) is 0 Å². The Labute approximate surface area is 198 Å². The van der Waals surface area contributed by atoms with Crippen LogP contribution in [0.5, 0.6) is 0 Å². The predicted molar refractivity (Wildman–Crippen MR) is 135 cm³/mol. The number of sulfonamides is 1. The normalized spacial score (nSPS) is 21.4. The molecule has 0 fully saturated rings. The molecule has 0 saturated heterocycles. The maximum Gasteiger partial charge on any atom is 0.264 e. The first-order chi connectivity index (χ1) is 15.2. The van der Waals surface area contributed by atoms with Crippen LogP contribution in [-0.2, 0) is 14.8 Å². The number of hydrogen-bond acceptors (Lipinski definition) is 4. The van der Waals surface area contributed by atoms with Crippen LogP contribution in [-0.4, -0.2) is 39.5 Å². The van der Waals surface area contributed by atoms with Crippen molar-refractivity contribution in [1.29, 1.82) is 0 Å². The van der Waals surface area contributed by atoms with E-state index in [0.717, 1.165) is 5.56 Å². The van der Waals surface area contributed by atoms with Crippen molar-refractivity contribution in [3.63, 3.8) is 0 Å². The third-order valence-corrected chi connectivity index (χ3v) is 14.5. The van der Waals surface area contributed by atoms with Gasteiger partial charge in [0.2, 0.25) is 5.91 Å². The molecule has 2 aliphatic heterocycles. The van der Waals surface area contributed by atoms with Gasteiger partial charge >= 0.3 is 0 Å². The summed E-state index contributed by atoms with van der Waals surface area (Å²) in [5, 5.41) is 4.88. The highest BCUT2D eigenvalue weighted by molar-refractivity contribution is 7.92. The largest absolute Gasteiger partial charge is 0.273 e. The summed E-state index contributed by atoms with van der Waals surface area (Å²) in [5.41, 5.74) is 2.09. The number of para-hydroxylation sites is 1. The minimum atomic E-state index is -3.79. The van der Waals surface area contributed by atoms with Crippen LogP contribution in [0.1, 0.15) is 45.2 Å². The van der Waals surface area contributed by atoms with Crippen molar-refractivity contribution in [2.24, 2.45) is 10.5 Å². The fourth-order valence-electron chi connectivity index (χ4n) is 4.29. The van der Waals surface area contributed by atoms with Gasteiger partial charge in [0.25, 0.3) is 10.0 Å². The molecule has 8 heteroatoms. The minimum absolute atomic E-state index is 0.0199. The maximum absolute atomic E-state index is 13.9. The summed E-state index contributed by atoms with van der Waals surface area (Å²) in [6.07, 6.45) is 0.371. The lowest BCUT2D eigenvalue weighted by atomic mass is 9.79. The molecule has 176 valence electrons. The lowest BCUT2D eigenvalue weighted by molar-refractivity contribution is -0.132. The summed E-state index contributed by atoms with van der Waals surface area (Å²) in [6, 6.07) is 14.3. The van der Waals surface area contributed by atoms with E-state index in [-0.39, 0.29) is 22.4 Å². The van der Waals surface area contributed by atoms with Gasteiger partial charge in [-0.05, 0) is 56.6 Å². The first-order valence-electron chi connectivity index (χ1n) is 11.3. The van der Waals surface area contributed by atoms with Crippen molar-refractivity contribution >= 4 is 35.6 Å². The quantitative estimate of drug-likeness (QED) is 0.567. The van der Waals surface area contributed by atoms with E-state index >= 15 is 0 Å². The van der Waals surface area contributed by atoms with Gasteiger partial charge < -0.3 is 0 Å². The fourth-order valence-corrected chi connectivity index (χ4v) is 7.51. The van der Waals surface area contributed by atoms with E-state index in [1.54, 1.807) is 28.9 Å². The molecule has 0 radical (unpaired) electrons. The van der Waals surface area contributed by atoms with Crippen LogP contribution in [0.3, 0.4) is 0 Å². The van der Waals surface area contributed by atoms with Crippen LogP contribution in [0.2, 0.25) is 18.1 Å². The molecule has 2 aromatic carbocycles. The van der Waals surface area contributed by atoms with Crippen molar-refractivity contribution < 1.29 is 13.2 Å². The number of anilines is 1. The molecule has 0 spiro atoms. The van der Waals surface area contributed by atoms with Crippen LogP contribution in [0.15, 0.2) is 58.5 Å². The average Bonchev–Trinajstić information content (AvgIpc) is 2.91. The van der Waals surface area contributed by atoms with Crippen molar-refractivity contribution in [2.45, 2.75) is 64.1 Å². The van der Waals surface area contributed by atoms with E-state index < -0.39 is 23.7 Å². The highest BCUT2D eigenvalue weighted by Crippen LogP contribution is 2.48. The molecule has 0 N–H and O–H groups in total. The summed E-state index contributed by atoms with van der Waals surface area (Å²) in [5.74, 6) is -0.0199. The Hall–Kier alpha value is -2.45. The molecular formula is C25H33N3O3SSi. The number of nitrogens with zero attached hydrogens (tertiary/aromatic N) is 3. The summed E-state index contributed by atoms with van der Waals surface area (Å²) < 4.78 is 30.6. The molecule has 33 heavy (non-hydrogen) atoms. The van der Waals surface area contributed by atoms with Crippen molar-refractivity contribution in [1.82, 2.24) is 4.67 Å². The molecule has 2 aliphatic rings. The van der Waals surface area contributed by atoms with E-state index in [4.69, 9.17) is 5.10 Å². The summed E-state index contributed by atoms with van der Waals surface area (Å²) in [6.45, 7) is 14.9. The molecule has 6 nitrogen and oxygen atoms in total. The van der Waals surface area contributed by atoms with Gasteiger partial charge in [0, 0.05) is 12.1 Å². The van der Waals surface area contributed by atoms with Crippen LogP contribution in [0, 0.1) is 12.3 Å². The zero-order valence-corrected chi connectivity index (χ0v) is 22.3. The van der Waals surface area contributed by atoms with Crippen LogP contribution < -0.4 is 4.31 Å². The van der Waals surface area contributed by atoms with Gasteiger partial charge in [-0.1, -0.05) is 56.7 Å². The lowest BCUT2D eigenvalue weighted by Gasteiger charge is -2.42. The van der Waals surface area contributed by atoms with Gasteiger partial charge in [-0.25, -0.2) is 8.42 Å². The SMILES string of the molecule is Cc1ccc(S(=O)(=O)N2CCC3(C)C(=O)N([Si](C)(C)C(C)(C)C)N=C3c3ccccc32)cc1. The number of carbonyl (C=O) groups is 1. The second kappa shape index (κ2) is 7.53. The topological polar surface area (TPSA) is 70.1 Å². The second-order valence-corrected chi connectivity index (χ2v) is 17.8. The molecule has 0 aromatic heterocycles. The fraction of sp³-hybridized carbons (Fsp3) is 0.440. The number of carbonyl (C=O) groups excluding carboxylic acids is 1. The molecule has 2 heterocycles. The smallest absolute Gasteiger partial charge is 0.264 e. The molecule has 1 amide bonds. The van der Waals surface area contributed by atoms with Crippen molar-refractivity contribution in [3.05, 3.63) is 59.7 Å². The standard InChI is InChI=1S/C25H33N3O3SSi/c1-18-12-14-19(15-13-18)32(30,31)27-17-16-25(5)22(20-10-8-9-11-21(20)27)26-28(23(25)29)33(6,7)24(2,3)4/h8-15H,16-17H2,1-7H3. The molecule has 0 bridgehead atoms. The number of aryl methyl sites for hydroxylation is 1. The zero-order chi connectivity index (χ0) is 24.4. The van der Waals surface area contributed by atoms with Gasteiger partial charge in [-0.15, -0.1) is 0 Å². The van der Waals surface area contributed by atoms with Gasteiger partial charge in [-0.2, -0.15) is 5.10 Å². The molecule has 4 rings (SSSR count). The lowest BCUT2D eigenvalue weighted by Crippen LogP contribution is -2.55. The Bertz CT molecular complexity index is 1250. The van der Waals surface area contributed by atoms with E-state index in [0.29, 0.717) is 23.4 Å². The Morgan fingerprint density at radius 1 is 1.03 bits per heavy atom. The van der Waals surface area contributed by atoms with Crippen LogP contribution in [0.25, 0.3) is 0 Å². The Balaban J connectivity index is 1.88. The number of hydrazone groups is 1. The number of rotatable bonds is 3. The highest BCUT2D eigenvalue weighted by atomic mass is 32.2. The predicted octanol–water partition coefficient (Wildman–Crippen LogP) is 5.15. The average molecular weight is 484 g/mol. The van der Waals surface area contributed by atoms with Gasteiger partial charge in [-0.3, -0.25) is 13.8 Å². The Morgan fingerprint density at radius 2 is 1.64 bits per heavy atom. The number of hydrogen-bond donors (Lipinski definition) is 0. The molecule has 2 aromatic rings. The molecule has 1 unspecified atom stereocenters. The maximum atomic E-state index is 13.9. The number of amides is 1. The summed E-state index contributed by atoms with van der Waals surface area (Å²) >= 11 is 0. The van der Waals surface area contributed by atoms with Gasteiger partial charge in [0.1, 0.15) is 0 Å². The van der Waals surface area contributed by atoms with E-state index in [1.807, 2.05) is 38.1 Å². The van der Waals surface area contributed by atoms with Crippen molar-refractivity contribution in [2.75, 3.05) is 10.8 Å². The van der Waals surface area contributed by atoms with Crippen LogP contribution in [0.4, 0.5) is 5.69 Å². The molecule has 0 aliphatic carbocycles. The molecule has 0 saturated carbocycles. The third kappa shape index (κ3) is 3.54. The summed E-state index contributed by atoms with van der Waals surface area (Å²) in [7, 11) is -6.05. The third-order valence-electron chi connectivity index (χ3n) is 7.60.